The van der Waals surface area contributed by atoms with Gasteiger partial charge in [0.2, 0.25) is 0 Å². The van der Waals surface area contributed by atoms with Crippen LogP contribution in [0, 0.1) is 18.3 Å². The minimum atomic E-state index is 0.591. The van der Waals surface area contributed by atoms with Gasteiger partial charge in [-0.3, -0.25) is 4.98 Å². The van der Waals surface area contributed by atoms with Crippen molar-refractivity contribution in [1.29, 1.82) is 5.26 Å². The second-order valence-corrected chi connectivity index (χ2v) is 7.31. The summed E-state index contributed by atoms with van der Waals surface area (Å²) in [5, 5.41) is 14.3. The van der Waals surface area contributed by atoms with Gasteiger partial charge in [-0.15, -0.1) is 11.3 Å². The van der Waals surface area contributed by atoms with E-state index in [2.05, 4.69) is 31.2 Å². The van der Waals surface area contributed by atoms with E-state index < -0.39 is 0 Å². The SMILES string of the molecule is Cc1csc(N2CCN(c3c(C#N)cnc4ccc(Cl)cc34)CC2)n1. The molecule has 25 heavy (non-hydrogen) atoms. The van der Waals surface area contributed by atoms with E-state index in [9.17, 15) is 5.26 Å². The molecule has 1 aliphatic heterocycles. The Kier molecular flexibility index (Phi) is 4.20. The maximum absolute atomic E-state index is 9.54. The van der Waals surface area contributed by atoms with Crippen molar-refractivity contribution in [2.24, 2.45) is 0 Å². The van der Waals surface area contributed by atoms with Crippen molar-refractivity contribution in [3.63, 3.8) is 0 Å². The average molecular weight is 370 g/mol. The number of rotatable bonds is 2. The number of halogens is 1. The number of nitriles is 1. The second-order valence-electron chi connectivity index (χ2n) is 6.04. The number of piperazine rings is 1. The molecular weight excluding hydrogens is 354 g/mol. The number of anilines is 2. The van der Waals surface area contributed by atoms with E-state index in [1.807, 2.05) is 25.1 Å². The third-order valence-electron chi connectivity index (χ3n) is 4.40. The highest BCUT2D eigenvalue weighted by molar-refractivity contribution is 7.13. The number of aryl methyl sites for hydroxylation is 1. The van der Waals surface area contributed by atoms with E-state index in [-0.39, 0.29) is 0 Å². The van der Waals surface area contributed by atoms with Crippen molar-refractivity contribution in [2.75, 3.05) is 36.0 Å². The highest BCUT2D eigenvalue weighted by Gasteiger charge is 2.23. The van der Waals surface area contributed by atoms with Crippen molar-refractivity contribution in [3.05, 3.63) is 46.1 Å². The third kappa shape index (κ3) is 3.01. The van der Waals surface area contributed by atoms with Crippen LogP contribution in [0.15, 0.2) is 29.8 Å². The van der Waals surface area contributed by atoms with Crippen LogP contribution in [-0.4, -0.2) is 36.1 Å². The van der Waals surface area contributed by atoms with Crippen LogP contribution < -0.4 is 9.80 Å². The molecule has 126 valence electrons. The first-order valence-corrected chi connectivity index (χ1v) is 9.32. The zero-order valence-corrected chi connectivity index (χ0v) is 15.3. The Morgan fingerprint density at radius 3 is 2.64 bits per heavy atom. The van der Waals surface area contributed by atoms with Crippen molar-refractivity contribution < 1.29 is 0 Å². The molecule has 4 rings (SSSR count). The van der Waals surface area contributed by atoms with Crippen LogP contribution >= 0.6 is 22.9 Å². The predicted octanol–water partition coefficient (Wildman–Crippen LogP) is 3.85. The number of thiazole rings is 1. The Hall–Kier alpha value is -2.36. The van der Waals surface area contributed by atoms with Gasteiger partial charge in [-0.2, -0.15) is 5.26 Å². The van der Waals surface area contributed by atoms with Crippen LogP contribution in [0.1, 0.15) is 11.3 Å². The topological polar surface area (TPSA) is 56.0 Å². The van der Waals surface area contributed by atoms with E-state index in [1.54, 1.807) is 17.5 Å². The number of fused-ring (bicyclic) bond motifs is 1. The van der Waals surface area contributed by atoms with Gasteiger partial charge in [-0.1, -0.05) is 11.6 Å². The quantitative estimate of drug-likeness (QED) is 0.686. The standard InChI is InChI=1S/C18H16ClN5S/c1-12-11-25-18(22-12)24-6-4-23(5-7-24)17-13(9-20)10-21-16-3-2-14(19)8-15(16)17/h2-3,8,10-11H,4-7H2,1H3. The summed E-state index contributed by atoms with van der Waals surface area (Å²) in [6.07, 6.45) is 1.65. The fraction of sp³-hybridized carbons (Fsp3) is 0.278. The van der Waals surface area contributed by atoms with Crippen LogP contribution in [0.2, 0.25) is 5.02 Å². The van der Waals surface area contributed by atoms with Gasteiger partial charge in [-0.05, 0) is 25.1 Å². The van der Waals surface area contributed by atoms with Gasteiger partial charge in [0.25, 0.3) is 0 Å². The molecule has 0 amide bonds. The van der Waals surface area contributed by atoms with E-state index in [4.69, 9.17) is 11.6 Å². The summed E-state index contributed by atoms with van der Waals surface area (Å²) in [4.78, 5) is 13.5. The molecule has 0 saturated carbocycles. The Labute approximate surface area is 155 Å². The van der Waals surface area contributed by atoms with Crippen LogP contribution in [0.4, 0.5) is 10.8 Å². The van der Waals surface area contributed by atoms with E-state index in [0.29, 0.717) is 10.6 Å². The van der Waals surface area contributed by atoms with Crippen molar-refractivity contribution in [2.45, 2.75) is 6.92 Å². The van der Waals surface area contributed by atoms with Crippen molar-refractivity contribution in [3.8, 4) is 6.07 Å². The summed E-state index contributed by atoms with van der Waals surface area (Å²) in [6.45, 7) is 5.44. The molecule has 1 aliphatic rings. The number of aromatic nitrogens is 2. The van der Waals surface area contributed by atoms with Crippen LogP contribution in [-0.2, 0) is 0 Å². The Morgan fingerprint density at radius 1 is 1.20 bits per heavy atom. The van der Waals surface area contributed by atoms with Gasteiger partial charge < -0.3 is 9.80 Å². The van der Waals surface area contributed by atoms with Crippen molar-refractivity contribution in [1.82, 2.24) is 9.97 Å². The molecule has 2 aromatic heterocycles. The molecule has 0 aliphatic carbocycles. The van der Waals surface area contributed by atoms with E-state index in [0.717, 1.165) is 53.6 Å². The molecule has 7 heteroatoms. The Morgan fingerprint density at radius 2 is 1.96 bits per heavy atom. The highest BCUT2D eigenvalue weighted by Crippen LogP contribution is 2.32. The zero-order chi connectivity index (χ0) is 17.4. The van der Waals surface area contributed by atoms with Crippen molar-refractivity contribution >= 4 is 44.7 Å². The summed E-state index contributed by atoms with van der Waals surface area (Å²) in [5.41, 5.74) is 3.44. The van der Waals surface area contributed by atoms with E-state index in [1.165, 1.54) is 0 Å². The highest BCUT2D eigenvalue weighted by atomic mass is 35.5. The second kappa shape index (κ2) is 6.51. The molecule has 0 radical (unpaired) electrons. The van der Waals surface area contributed by atoms with Gasteiger partial charge in [0.15, 0.2) is 5.13 Å². The lowest BCUT2D eigenvalue weighted by Crippen LogP contribution is -2.46. The molecule has 0 N–H and O–H groups in total. The normalized spacial score (nSPS) is 14.8. The number of benzene rings is 1. The minimum absolute atomic E-state index is 0.591. The van der Waals surface area contributed by atoms with Crippen LogP contribution in [0.25, 0.3) is 10.9 Å². The fourth-order valence-corrected chi connectivity index (χ4v) is 4.21. The maximum atomic E-state index is 9.54. The molecule has 0 unspecified atom stereocenters. The molecule has 0 spiro atoms. The summed E-state index contributed by atoms with van der Waals surface area (Å²) >= 11 is 7.87. The fourth-order valence-electron chi connectivity index (χ4n) is 3.18. The molecule has 0 atom stereocenters. The minimum Gasteiger partial charge on any atom is -0.366 e. The number of nitrogens with zero attached hydrogens (tertiary/aromatic N) is 5. The lowest BCUT2D eigenvalue weighted by atomic mass is 10.1. The maximum Gasteiger partial charge on any atom is 0.185 e. The van der Waals surface area contributed by atoms with Crippen LogP contribution in [0.5, 0.6) is 0 Å². The zero-order valence-electron chi connectivity index (χ0n) is 13.7. The van der Waals surface area contributed by atoms with Gasteiger partial charge in [-0.25, -0.2) is 4.98 Å². The Bertz CT molecular complexity index is 969. The van der Waals surface area contributed by atoms with E-state index >= 15 is 0 Å². The first-order valence-electron chi connectivity index (χ1n) is 8.06. The average Bonchev–Trinajstić information content (AvgIpc) is 3.07. The number of hydrogen-bond donors (Lipinski definition) is 0. The largest absolute Gasteiger partial charge is 0.366 e. The monoisotopic (exact) mass is 369 g/mol. The molecule has 5 nitrogen and oxygen atoms in total. The molecule has 3 aromatic rings. The van der Waals surface area contributed by atoms with Gasteiger partial charge >= 0.3 is 0 Å². The number of pyridine rings is 1. The smallest absolute Gasteiger partial charge is 0.185 e. The Balaban J connectivity index is 1.66. The summed E-state index contributed by atoms with van der Waals surface area (Å²) in [7, 11) is 0. The molecule has 1 saturated heterocycles. The molecule has 3 heterocycles. The summed E-state index contributed by atoms with van der Waals surface area (Å²) in [5.74, 6) is 0. The van der Waals surface area contributed by atoms with Crippen LogP contribution in [0.3, 0.4) is 0 Å². The van der Waals surface area contributed by atoms with Gasteiger partial charge in [0.1, 0.15) is 6.07 Å². The molecule has 1 fully saturated rings. The molecular formula is C18H16ClN5S. The summed E-state index contributed by atoms with van der Waals surface area (Å²) in [6, 6.07) is 7.91. The van der Waals surface area contributed by atoms with Gasteiger partial charge in [0, 0.05) is 48.2 Å². The van der Waals surface area contributed by atoms with Gasteiger partial charge in [0.05, 0.1) is 22.5 Å². The molecule has 0 bridgehead atoms. The first kappa shape index (κ1) is 16.1. The lowest BCUT2D eigenvalue weighted by Gasteiger charge is -2.36. The third-order valence-corrected chi connectivity index (χ3v) is 5.65. The number of hydrogen-bond acceptors (Lipinski definition) is 6. The molecule has 1 aromatic carbocycles. The lowest BCUT2D eigenvalue weighted by molar-refractivity contribution is 0.652. The summed E-state index contributed by atoms with van der Waals surface area (Å²) < 4.78 is 0. The first-order chi connectivity index (χ1) is 12.2. The predicted molar refractivity (Wildman–Crippen MR) is 103 cm³/mol.